The van der Waals surface area contributed by atoms with E-state index in [1.54, 1.807) is 9.58 Å². The maximum atomic E-state index is 13.7. The Hall–Kier alpha value is -4.71. The van der Waals surface area contributed by atoms with Crippen molar-refractivity contribution < 1.29 is 9.59 Å². The van der Waals surface area contributed by atoms with Crippen LogP contribution in [-0.2, 0) is 4.79 Å². The molecule has 0 aliphatic carbocycles. The van der Waals surface area contributed by atoms with Crippen molar-refractivity contribution in [2.24, 2.45) is 0 Å². The van der Waals surface area contributed by atoms with E-state index in [2.05, 4.69) is 25.2 Å². The van der Waals surface area contributed by atoms with Gasteiger partial charge in [0.2, 0.25) is 5.91 Å². The Balaban J connectivity index is 1.45. The maximum absolute atomic E-state index is 13.7. The van der Waals surface area contributed by atoms with Gasteiger partial charge in [-0.3, -0.25) is 9.59 Å². The van der Waals surface area contributed by atoms with E-state index in [-0.39, 0.29) is 18.4 Å². The lowest BCUT2D eigenvalue weighted by molar-refractivity contribution is -0.116. The second-order valence-electron chi connectivity index (χ2n) is 10.1. The Morgan fingerprint density at radius 2 is 1.62 bits per heavy atom. The standard InChI is InChI=1S/C34H34N4O2/c1-4-5-20-37(34(40)29-17-11-15-26-12-9-10-16-28(26)29)23-33(39)35-32-22-30(27-13-7-6-8-14-27)36-38(32)31-19-18-24(2)21-25(31)3/h6-19,21-22H,4-5,20,23H2,1-3H3,(H,35,39). The van der Waals surface area contributed by atoms with Crippen molar-refractivity contribution in [2.75, 3.05) is 18.4 Å². The number of aryl methyl sites for hydroxylation is 2. The summed E-state index contributed by atoms with van der Waals surface area (Å²) in [6.07, 6.45) is 1.73. The van der Waals surface area contributed by atoms with Crippen LogP contribution in [0.25, 0.3) is 27.7 Å². The first-order valence-electron chi connectivity index (χ1n) is 13.7. The summed E-state index contributed by atoms with van der Waals surface area (Å²) < 4.78 is 1.78. The molecule has 0 spiro atoms. The number of fused-ring (bicyclic) bond motifs is 1. The zero-order valence-corrected chi connectivity index (χ0v) is 23.2. The van der Waals surface area contributed by atoms with Crippen molar-refractivity contribution in [1.29, 1.82) is 0 Å². The molecule has 5 rings (SSSR count). The minimum absolute atomic E-state index is 0.0548. The van der Waals surface area contributed by atoms with Crippen molar-refractivity contribution >= 4 is 28.4 Å². The molecule has 202 valence electrons. The Morgan fingerprint density at radius 3 is 2.40 bits per heavy atom. The molecule has 0 unspecified atom stereocenters. The molecular weight excluding hydrogens is 496 g/mol. The minimum atomic E-state index is -0.268. The highest BCUT2D eigenvalue weighted by Gasteiger charge is 2.22. The third-order valence-electron chi connectivity index (χ3n) is 7.05. The smallest absolute Gasteiger partial charge is 0.254 e. The number of nitrogens with one attached hydrogen (secondary N) is 1. The van der Waals surface area contributed by atoms with Crippen LogP contribution < -0.4 is 5.32 Å². The van der Waals surface area contributed by atoms with Crippen LogP contribution >= 0.6 is 0 Å². The van der Waals surface area contributed by atoms with Gasteiger partial charge in [-0.05, 0) is 48.7 Å². The van der Waals surface area contributed by atoms with Crippen LogP contribution in [0.5, 0.6) is 0 Å². The highest BCUT2D eigenvalue weighted by molar-refractivity contribution is 6.08. The second-order valence-corrected chi connectivity index (χ2v) is 10.1. The average Bonchev–Trinajstić information content (AvgIpc) is 3.38. The first kappa shape index (κ1) is 26.9. The summed E-state index contributed by atoms with van der Waals surface area (Å²) >= 11 is 0. The molecule has 5 aromatic rings. The summed E-state index contributed by atoms with van der Waals surface area (Å²) in [7, 11) is 0. The quantitative estimate of drug-likeness (QED) is 0.219. The van der Waals surface area contributed by atoms with E-state index in [9.17, 15) is 9.59 Å². The van der Waals surface area contributed by atoms with Crippen LogP contribution in [0.4, 0.5) is 5.82 Å². The largest absolute Gasteiger partial charge is 0.329 e. The SMILES string of the molecule is CCCCN(CC(=O)Nc1cc(-c2ccccc2)nn1-c1ccc(C)cc1C)C(=O)c1cccc2ccccc12. The van der Waals surface area contributed by atoms with Crippen molar-refractivity contribution in [2.45, 2.75) is 33.6 Å². The van der Waals surface area contributed by atoms with Gasteiger partial charge in [0.1, 0.15) is 12.4 Å². The van der Waals surface area contributed by atoms with E-state index < -0.39 is 0 Å². The van der Waals surface area contributed by atoms with Crippen LogP contribution in [0.3, 0.4) is 0 Å². The normalized spacial score (nSPS) is 11.0. The molecule has 4 aromatic carbocycles. The summed E-state index contributed by atoms with van der Waals surface area (Å²) in [6, 6.07) is 31.5. The number of unbranched alkanes of at least 4 members (excludes halogenated alkanes) is 1. The van der Waals surface area contributed by atoms with Gasteiger partial charge in [-0.25, -0.2) is 4.68 Å². The lowest BCUT2D eigenvalue weighted by Gasteiger charge is -2.23. The van der Waals surface area contributed by atoms with Gasteiger partial charge >= 0.3 is 0 Å². The molecule has 0 radical (unpaired) electrons. The zero-order chi connectivity index (χ0) is 28.1. The number of carbonyl (C=O) groups excluding carboxylic acids is 2. The summed E-state index contributed by atoms with van der Waals surface area (Å²) in [6.45, 7) is 6.61. The van der Waals surface area contributed by atoms with Gasteiger partial charge in [-0.1, -0.05) is 97.8 Å². The highest BCUT2D eigenvalue weighted by atomic mass is 16.2. The van der Waals surface area contributed by atoms with E-state index in [1.165, 1.54) is 0 Å². The summed E-state index contributed by atoms with van der Waals surface area (Å²) in [4.78, 5) is 28.9. The molecule has 6 heteroatoms. The summed E-state index contributed by atoms with van der Waals surface area (Å²) in [5.41, 5.74) is 5.41. The lowest BCUT2D eigenvalue weighted by Crippen LogP contribution is -2.39. The molecule has 0 saturated heterocycles. The molecular formula is C34H34N4O2. The predicted molar refractivity (Wildman–Crippen MR) is 162 cm³/mol. The fraction of sp³-hybridized carbons (Fsp3) is 0.206. The number of hydrogen-bond donors (Lipinski definition) is 1. The fourth-order valence-corrected chi connectivity index (χ4v) is 4.99. The van der Waals surface area contributed by atoms with Crippen molar-refractivity contribution in [3.8, 4) is 16.9 Å². The van der Waals surface area contributed by atoms with Crippen LogP contribution in [0.15, 0.2) is 97.1 Å². The van der Waals surface area contributed by atoms with Gasteiger partial charge in [0.05, 0.1) is 11.4 Å². The molecule has 1 heterocycles. The third-order valence-corrected chi connectivity index (χ3v) is 7.05. The van der Waals surface area contributed by atoms with Crippen molar-refractivity contribution in [1.82, 2.24) is 14.7 Å². The van der Waals surface area contributed by atoms with E-state index in [4.69, 9.17) is 5.10 Å². The van der Waals surface area contributed by atoms with Gasteiger partial charge in [-0.15, -0.1) is 0 Å². The minimum Gasteiger partial charge on any atom is -0.329 e. The van der Waals surface area contributed by atoms with Gasteiger partial charge in [-0.2, -0.15) is 5.10 Å². The van der Waals surface area contributed by atoms with Crippen molar-refractivity contribution in [3.63, 3.8) is 0 Å². The van der Waals surface area contributed by atoms with Crippen LogP contribution in [0.2, 0.25) is 0 Å². The Bertz CT molecular complexity index is 1650. The third kappa shape index (κ3) is 5.81. The summed E-state index contributed by atoms with van der Waals surface area (Å²) in [5.74, 6) is 0.146. The topological polar surface area (TPSA) is 67.2 Å². The fourth-order valence-electron chi connectivity index (χ4n) is 4.99. The molecule has 0 aliphatic rings. The van der Waals surface area contributed by atoms with Gasteiger partial charge < -0.3 is 10.2 Å². The van der Waals surface area contributed by atoms with Crippen molar-refractivity contribution in [3.05, 3.63) is 114 Å². The van der Waals surface area contributed by atoms with E-state index in [0.717, 1.165) is 51.7 Å². The van der Waals surface area contributed by atoms with E-state index in [0.29, 0.717) is 17.9 Å². The van der Waals surface area contributed by atoms with Crippen LogP contribution in [0, 0.1) is 13.8 Å². The number of nitrogens with zero attached hydrogens (tertiary/aromatic N) is 3. The van der Waals surface area contributed by atoms with Crippen LogP contribution in [-0.4, -0.2) is 39.6 Å². The van der Waals surface area contributed by atoms with Gasteiger partial charge in [0.15, 0.2) is 0 Å². The monoisotopic (exact) mass is 530 g/mol. The molecule has 0 bridgehead atoms. The predicted octanol–water partition coefficient (Wildman–Crippen LogP) is 7.19. The first-order chi connectivity index (χ1) is 19.4. The second kappa shape index (κ2) is 12.0. The summed E-state index contributed by atoms with van der Waals surface area (Å²) in [5, 5.41) is 9.81. The molecule has 2 amide bonds. The number of carbonyl (C=O) groups is 2. The molecule has 0 atom stereocenters. The maximum Gasteiger partial charge on any atom is 0.254 e. The molecule has 0 fully saturated rings. The Labute approximate surface area is 235 Å². The number of hydrogen-bond acceptors (Lipinski definition) is 3. The Morgan fingerprint density at radius 1 is 0.875 bits per heavy atom. The van der Waals surface area contributed by atoms with Gasteiger partial charge in [0, 0.05) is 23.7 Å². The molecule has 0 saturated carbocycles. The number of amides is 2. The zero-order valence-electron chi connectivity index (χ0n) is 23.2. The molecule has 6 nitrogen and oxygen atoms in total. The molecule has 40 heavy (non-hydrogen) atoms. The average molecular weight is 531 g/mol. The molecule has 0 aliphatic heterocycles. The van der Waals surface area contributed by atoms with E-state index >= 15 is 0 Å². The number of rotatable bonds is 9. The highest BCUT2D eigenvalue weighted by Crippen LogP contribution is 2.27. The lowest BCUT2D eigenvalue weighted by atomic mass is 10.0. The molecule has 1 aromatic heterocycles. The van der Waals surface area contributed by atoms with Crippen LogP contribution in [0.1, 0.15) is 41.3 Å². The number of anilines is 1. The number of benzene rings is 4. The first-order valence-corrected chi connectivity index (χ1v) is 13.7. The Kier molecular flexibility index (Phi) is 8.06. The molecule has 1 N–H and O–H groups in total. The number of aromatic nitrogens is 2. The van der Waals surface area contributed by atoms with E-state index in [1.807, 2.05) is 97.9 Å². The van der Waals surface area contributed by atoms with Gasteiger partial charge in [0.25, 0.3) is 5.91 Å².